The van der Waals surface area contributed by atoms with Crippen LogP contribution in [-0.4, -0.2) is 40.2 Å². The Labute approximate surface area is 100 Å². The van der Waals surface area contributed by atoms with Crippen molar-refractivity contribution in [1.82, 2.24) is 9.97 Å². The van der Waals surface area contributed by atoms with Gasteiger partial charge in [-0.3, -0.25) is 4.79 Å². The average molecular weight is 239 g/mol. The van der Waals surface area contributed by atoms with Gasteiger partial charge in [-0.25, -0.2) is 9.97 Å². The van der Waals surface area contributed by atoms with Crippen LogP contribution in [0.2, 0.25) is 0 Å². The molecule has 17 heavy (non-hydrogen) atoms. The van der Waals surface area contributed by atoms with Gasteiger partial charge >= 0.3 is 5.97 Å². The van der Waals surface area contributed by atoms with Gasteiger partial charge in [-0.1, -0.05) is 0 Å². The van der Waals surface area contributed by atoms with Crippen molar-refractivity contribution in [2.45, 2.75) is 26.3 Å². The van der Waals surface area contributed by atoms with E-state index in [0.29, 0.717) is 11.7 Å². The Morgan fingerprint density at radius 2 is 2.12 bits per heavy atom. The molecule has 1 aromatic heterocycles. The second-order valence-electron chi connectivity index (χ2n) is 4.57. The SMILES string of the molecule is COc1cc(N(CC(=O)O)C(C)(C)C)ncn1. The van der Waals surface area contributed by atoms with Gasteiger partial charge in [0.2, 0.25) is 5.88 Å². The molecule has 0 aliphatic heterocycles. The van der Waals surface area contributed by atoms with Crippen LogP contribution in [0.15, 0.2) is 12.4 Å². The third-order valence-electron chi connectivity index (χ3n) is 2.22. The van der Waals surface area contributed by atoms with E-state index in [-0.39, 0.29) is 12.1 Å². The van der Waals surface area contributed by atoms with Gasteiger partial charge in [0.1, 0.15) is 18.7 Å². The summed E-state index contributed by atoms with van der Waals surface area (Å²) in [6.45, 7) is 5.64. The van der Waals surface area contributed by atoms with Gasteiger partial charge in [0.05, 0.1) is 7.11 Å². The standard InChI is InChI=1S/C11H17N3O3/c1-11(2,3)14(6-10(15)16)8-5-9(17-4)13-7-12-8/h5,7H,6H2,1-4H3,(H,15,16). The lowest BCUT2D eigenvalue weighted by atomic mass is 10.1. The summed E-state index contributed by atoms with van der Waals surface area (Å²) in [4.78, 5) is 20.5. The molecule has 1 rings (SSSR count). The van der Waals surface area contributed by atoms with Crippen LogP contribution in [0.25, 0.3) is 0 Å². The van der Waals surface area contributed by atoms with Gasteiger partial charge in [-0.2, -0.15) is 0 Å². The Balaban J connectivity index is 3.08. The largest absolute Gasteiger partial charge is 0.481 e. The summed E-state index contributed by atoms with van der Waals surface area (Å²) in [5.74, 6) is 0.0406. The maximum atomic E-state index is 10.9. The summed E-state index contributed by atoms with van der Waals surface area (Å²) in [6.07, 6.45) is 1.36. The van der Waals surface area contributed by atoms with E-state index in [1.54, 1.807) is 11.0 Å². The quantitative estimate of drug-likeness (QED) is 0.850. The highest BCUT2D eigenvalue weighted by atomic mass is 16.5. The van der Waals surface area contributed by atoms with Crippen LogP contribution in [0.1, 0.15) is 20.8 Å². The maximum absolute atomic E-state index is 10.9. The Kier molecular flexibility index (Phi) is 3.88. The first-order chi connectivity index (χ1) is 7.84. The molecule has 0 spiro atoms. The fourth-order valence-corrected chi connectivity index (χ4v) is 1.39. The molecular weight excluding hydrogens is 222 g/mol. The van der Waals surface area contributed by atoms with Crippen LogP contribution in [0.5, 0.6) is 5.88 Å². The van der Waals surface area contributed by atoms with E-state index in [0.717, 1.165) is 0 Å². The number of carboxylic acid groups (broad SMARTS) is 1. The summed E-state index contributed by atoms with van der Waals surface area (Å²) < 4.78 is 5.00. The predicted octanol–water partition coefficient (Wildman–Crippen LogP) is 1.17. The number of hydrogen-bond donors (Lipinski definition) is 1. The molecule has 0 unspecified atom stereocenters. The highest BCUT2D eigenvalue weighted by Gasteiger charge is 2.25. The number of rotatable bonds is 4. The van der Waals surface area contributed by atoms with E-state index in [1.807, 2.05) is 20.8 Å². The molecule has 6 heteroatoms. The number of aliphatic carboxylic acids is 1. The molecule has 1 N–H and O–H groups in total. The molecular formula is C11H17N3O3. The van der Waals surface area contributed by atoms with Gasteiger partial charge in [0, 0.05) is 11.6 Å². The smallest absolute Gasteiger partial charge is 0.323 e. The van der Waals surface area contributed by atoms with Gasteiger partial charge in [-0.15, -0.1) is 0 Å². The highest BCUT2D eigenvalue weighted by molar-refractivity contribution is 5.73. The zero-order chi connectivity index (χ0) is 13.1. The van der Waals surface area contributed by atoms with Crippen molar-refractivity contribution >= 4 is 11.8 Å². The van der Waals surface area contributed by atoms with Crippen molar-refractivity contribution in [2.75, 3.05) is 18.6 Å². The first kappa shape index (κ1) is 13.2. The third-order valence-corrected chi connectivity index (χ3v) is 2.22. The second kappa shape index (κ2) is 4.99. The molecule has 0 aliphatic carbocycles. The summed E-state index contributed by atoms with van der Waals surface area (Å²) >= 11 is 0. The van der Waals surface area contributed by atoms with E-state index < -0.39 is 5.97 Å². The van der Waals surface area contributed by atoms with Crippen molar-refractivity contribution in [3.63, 3.8) is 0 Å². The molecule has 0 bridgehead atoms. The topological polar surface area (TPSA) is 75.5 Å². The normalized spacial score (nSPS) is 11.1. The lowest BCUT2D eigenvalue weighted by molar-refractivity contribution is -0.135. The molecule has 0 saturated heterocycles. The average Bonchev–Trinajstić information content (AvgIpc) is 2.24. The van der Waals surface area contributed by atoms with Crippen molar-refractivity contribution in [2.24, 2.45) is 0 Å². The molecule has 6 nitrogen and oxygen atoms in total. The lowest BCUT2D eigenvalue weighted by Crippen LogP contribution is -2.45. The molecule has 0 saturated carbocycles. The molecule has 0 amide bonds. The molecule has 0 atom stereocenters. The summed E-state index contributed by atoms with van der Waals surface area (Å²) in [5.41, 5.74) is -0.349. The fraction of sp³-hybridized carbons (Fsp3) is 0.545. The predicted molar refractivity (Wildman–Crippen MR) is 63.3 cm³/mol. The van der Waals surface area contributed by atoms with Crippen molar-refractivity contribution in [3.05, 3.63) is 12.4 Å². The number of nitrogens with zero attached hydrogens (tertiary/aromatic N) is 3. The Hall–Kier alpha value is -1.85. The van der Waals surface area contributed by atoms with Gasteiger partial charge in [0.15, 0.2) is 0 Å². The minimum Gasteiger partial charge on any atom is -0.481 e. The Morgan fingerprint density at radius 3 is 2.59 bits per heavy atom. The van der Waals surface area contributed by atoms with Crippen molar-refractivity contribution in [3.8, 4) is 5.88 Å². The monoisotopic (exact) mass is 239 g/mol. The fourth-order valence-electron chi connectivity index (χ4n) is 1.39. The second-order valence-corrected chi connectivity index (χ2v) is 4.57. The van der Waals surface area contributed by atoms with Crippen molar-refractivity contribution in [1.29, 1.82) is 0 Å². The van der Waals surface area contributed by atoms with Gasteiger partial charge in [-0.05, 0) is 20.8 Å². The number of ether oxygens (including phenoxy) is 1. The summed E-state index contributed by atoms with van der Waals surface area (Å²) in [6, 6.07) is 1.62. The molecule has 1 aromatic rings. The van der Waals surface area contributed by atoms with E-state index in [1.165, 1.54) is 13.4 Å². The Morgan fingerprint density at radius 1 is 1.47 bits per heavy atom. The third kappa shape index (κ3) is 3.58. The number of anilines is 1. The molecule has 0 aliphatic rings. The van der Waals surface area contributed by atoms with Crippen LogP contribution in [0.4, 0.5) is 5.82 Å². The maximum Gasteiger partial charge on any atom is 0.323 e. The van der Waals surface area contributed by atoms with Crippen molar-refractivity contribution < 1.29 is 14.6 Å². The number of hydrogen-bond acceptors (Lipinski definition) is 5. The molecule has 94 valence electrons. The number of carboxylic acids is 1. The van der Waals surface area contributed by atoms with Crippen LogP contribution in [-0.2, 0) is 4.79 Å². The minimum absolute atomic E-state index is 0.121. The van der Waals surface area contributed by atoms with Crippen LogP contribution in [0, 0.1) is 0 Å². The minimum atomic E-state index is -0.905. The van der Waals surface area contributed by atoms with E-state index in [4.69, 9.17) is 9.84 Å². The zero-order valence-electron chi connectivity index (χ0n) is 10.5. The first-order valence-corrected chi connectivity index (χ1v) is 5.20. The number of methoxy groups -OCH3 is 1. The number of carbonyl (C=O) groups is 1. The van der Waals surface area contributed by atoms with Gasteiger partial charge < -0.3 is 14.7 Å². The Bertz CT molecular complexity index is 401. The summed E-state index contributed by atoms with van der Waals surface area (Å²) in [7, 11) is 1.50. The van der Waals surface area contributed by atoms with E-state index >= 15 is 0 Å². The summed E-state index contributed by atoms with van der Waals surface area (Å²) in [5, 5.41) is 8.92. The van der Waals surface area contributed by atoms with Crippen LogP contribution < -0.4 is 9.64 Å². The molecule has 0 fully saturated rings. The number of aromatic nitrogens is 2. The van der Waals surface area contributed by atoms with Gasteiger partial charge in [0.25, 0.3) is 0 Å². The van der Waals surface area contributed by atoms with E-state index in [2.05, 4.69) is 9.97 Å². The van der Waals surface area contributed by atoms with Crippen LogP contribution in [0.3, 0.4) is 0 Å². The first-order valence-electron chi connectivity index (χ1n) is 5.20. The van der Waals surface area contributed by atoms with E-state index in [9.17, 15) is 4.79 Å². The lowest BCUT2D eigenvalue weighted by Gasteiger charge is -2.35. The highest BCUT2D eigenvalue weighted by Crippen LogP contribution is 2.23. The molecule has 1 heterocycles. The molecule has 0 radical (unpaired) electrons. The molecule has 0 aromatic carbocycles. The zero-order valence-corrected chi connectivity index (χ0v) is 10.5. The van der Waals surface area contributed by atoms with Crippen LogP contribution >= 0.6 is 0 Å².